The number of aliphatic hydroxyl groups excluding tert-OH is 1. The number of allylic oxidation sites excluding steroid dienone is 2. The van der Waals surface area contributed by atoms with Gasteiger partial charge in [0.05, 0.1) is 29.7 Å². The summed E-state index contributed by atoms with van der Waals surface area (Å²) >= 11 is 6.38. The van der Waals surface area contributed by atoms with Crippen LogP contribution < -0.4 is 14.4 Å². The third-order valence-corrected chi connectivity index (χ3v) is 9.37. The molecule has 7 nitrogen and oxygen atoms in total. The van der Waals surface area contributed by atoms with Gasteiger partial charge < -0.3 is 19.5 Å². The highest BCUT2D eigenvalue weighted by atomic mass is 35.5. The number of carbonyl (C=O) groups excluding carboxylic acids is 1. The number of rotatable bonds is 6. The Morgan fingerprint density at radius 3 is 2.59 bits per heavy atom. The minimum absolute atomic E-state index is 0.167. The van der Waals surface area contributed by atoms with Crippen molar-refractivity contribution in [1.82, 2.24) is 4.72 Å². The van der Waals surface area contributed by atoms with E-state index in [0.29, 0.717) is 30.4 Å². The van der Waals surface area contributed by atoms with Crippen LogP contribution in [0.4, 0.5) is 5.69 Å². The van der Waals surface area contributed by atoms with Gasteiger partial charge in [0.15, 0.2) is 11.0 Å². The lowest BCUT2D eigenvalue weighted by molar-refractivity contribution is -0.124. The molecule has 4 unspecified atom stereocenters. The van der Waals surface area contributed by atoms with E-state index in [0.717, 1.165) is 75.2 Å². The smallest absolute Gasteiger partial charge is 0.237 e. The van der Waals surface area contributed by atoms with Crippen LogP contribution in [0.2, 0.25) is 5.02 Å². The van der Waals surface area contributed by atoms with Crippen LogP contribution in [0.1, 0.15) is 83.3 Å². The first-order valence-corrected chi connectivity index (χ1v) is 17.6. The topological polar surface area (TPSA) is 88.1 Å². The number of anilines is 1. The number of amides is 1. The quantitative estimate of drug-likeness (QED) is 0.316. The minimum Gasteiger partial charge on any atom is -0.491 e. The van der Waals surface area contributed by atoms with Gasteiger partial charge in [0.1, 0.15) is 5.75 Å². The predicted molar refractivity (Wildman–Crippen MR) is 183 cm³/mol. The van der Waals surface area contributed by atoms with Crippen LogP contribution in [0, 0.1) is 11.8 Å². The third-order valence-electron chi connectivity index (χ3n) is 8.06. The van der Waals surface area contributed by atoms with E-state index in [1.165, 1.54) is 11.1 Å². The highest BCUT2D eigenvalue weighted by Crippen LogP contribution is 2.38. The maximum absolute atomic E-state index is 13.3. The Bertz CT molecular complexity index is 1210. The zero-order valence-electron chi connectivity index (χ0n) is 27.4. The predicted octanol–water partition coefficient (Wildman–Crippen LogP) is 7.47. The molecule has 246 valence electrons. The summed E-state index contributed by atoms with van der Waals surface area (Å²) in [5.41, 5.74) is 3.48. The molecule has 0 spiro atoms. The number of hydrogen-bond donors (Lipinski definition) is 2. The van der Waals surface area contributed by atoms with Crippen molar-refractivity contribution in [1.29, 1.82) is 0 Å². The fourth-order valence-corrected chi connectivity index (χ4v) is 6.78. The normalized spacial score (nSPS) is 23.0. The second-order valence-corrected chi connectivity index (χ2v) is 12.6. The molecule has 1 amide bonds. The van der Waals surface area contributed by atoms with Gasteiger partial charge in [-0.3, -0.25) is 9.52 Å². The minimum atomic E-state index is -1.69. The Kier molecular flexibility index (Phi) is 17.7. The fraction of sp³-hybridized carbons (Fsp3) is 0.571. The molecule has 0 saturated heterocycles. The van der Waals surface area contributed by atoms with Crippen molar-refractivity contribution in [2.45, 2.75) is 83.5 Å². The number of methoxy groups -OCH3 is 1. The number of benzene rings is 2. The molecule has 4 rings (SSSR count). The van der Waals surface area contributed by atoms with Crippen LogP contribution in [0.15, 0.2) is 53.4 Å². The monoisotopic (exact) mass is 648 g/mol. The van der Waals surface area contributed by atoms with E-state index in [-0.39, 0.29) is 17.7 Å². The Labute approximate surface area is 272 Å². The molecule has 2 aromatic rings. The number of hydrogen-bond acceptors (Lipinski definition) is 6. The molecule has 0 radical (unpaired) electrons. The zero-order valence-corrected chi connectivity index (χ0v) is 29.0. The highest BCUT2D eigenvalue weighted by molar-refractivity contribution is 7.83. The zero-order chi connectivity index (χ0) is 32.5. The van der Waals surface area contributed by atoms with Crippen molar-refractivity contribution < 1.29 is 23.6 Å². The molecule has 2 aliphatic heterocycles. The van der Waals surface area contributed by atoms with E-state index < -0.39 is 11.0 Å². The Hall–Kier alpha value is -2.39. The van der Waals surface area contributed by atoms with Gasteiger partial charge in [-0.05, 0) is 79.5 Å². The van der Waals surface area contributed by atoms with Gasteiger partial charge in [0.25, 0.3) is 0 Å². The van der Waals surface area contributed by atoms with Crippen LogP contribution in [-0.2, 0) is 26.9 Å². The van der Waals surface area contributed by atoms with Crippen LogP contribution >= 0.6 is 11.6 Å². The molecule has 2 bridgehead atoms. The van der Waals surface area contributed by atoms with Gasteiger partial charge in [-0.2, -0.15) is 0 Å². The van der Waals surface area contributed by atoms with Gasteiger partial charge >= 0.3 is 0 Å². The first-order chi connectivity index (χ1) is 21.4. The standard InChI is InChI=1S/C32H43ClN2O4S.C2H6.CH4O/c1-4-9-24-18-27(33)12-14-29(24)26-20-35-17-16-23(5-2)10-7-6-8-11-25(21-38-3)32(36)34-40(37)28-13-15-31(39-22-26)30(35)19-28;2*1-2/h6-7,12-15,18-19,23,25-26H,4-5,8-11,16-17,20-22H2,1-3H3,(H,34,36);1-2H3;2H,1H3/b7-6+;;. The average Bonchev–Trinajstić information content (AvgIpc) is 3.22. The molecule has 0 saturated carbocycles. The summed E-state index contributed by atoms with van der Waals surface area (Å²) in [4.78, 5) is 16.0. The first-order valence-electron chi connectivity index (χ1n) is 16.0. The van der Waals surface area contributed by atoms with Crippen LogP contribution in [-0.4, -0.2) is 55.7 Å². The van der Waals surface area contributed by atoms with Crippen molar-refractivity contribution >= 4 is 34.2 Å². The molecule has 0 fully saturated rings. The number of aliphatic hydroxyl groups is 1. The van der Waals surface area contributed by atoms with E-state index >= 15 is 0 Å². The Balaban J connectivity index is 0.00000162. The first kappa shape index (κ1) is 37.8. The molecular weight excluding hydrogens is 596 g/mol. The van der Waals surface area contributed by atoms with E-state index in [2.05, 4.69) is 47.8 Å². The number of ether oxygens (including phenoxy) is 2. The van der Waals surface area contributed by atoms with Crippen molar-refractivity contribution in [3.05, 3.63) is 64.7 Å². The lowest BCUT2D eigenvalue weighted by Crippen LogP contribution is -2.34. The maximum Gasteiger partial charge on any atom is 0.237 e. The van der Waals surface area contributed by atoms with E-state index in [1.807, 2.05) is 32.0 Å². The lowest BCUT2D eigenvalue weighted by Gasteiger charge is -2.29. The van der Waals surface area contributed by atoms with Gasteiger partial charge in [0, 0.05) is 38.2 Å². The molecule has 2 heterocycles. The largest absolute Gasteiger partial charge is 0.491 e. The van der Waals surface area contributed by atoms with Gasteiger partial charge in [-0.15, -0.1) is 0 Å². The Morgan fingerprint density at radius 1 is 1.11 bits per heavy atom. The second kappa shape index (κ2) is 20.6. The molecule has 2 aromatic carbocycles. The number of halogens is 1. The van der Waals surface area contributed by atoms with Crippen molar-refractivity contribution in [3.63, 3.8) is 0 Å². The highest BCUT2D eigenvalue weighted by Gasteiger charge is 2.28. The summed E-state index contributed by atoms with van der Waals surface area (Å²) in [5, 5.41) is 7.76. The van der Waals surface area contributed by atoms with Gasteiger partial charge in [0.2, 0.25) is 5.91 Å². The van der Waals surface area contributed by atoms with Gasteiger partial charge in [-0.1, -0.05) is 70.4 Å². The molecule has 9 heteroatoms. The van der Waals surface area contributed by atoms with E-state index in [1.54, 1.807) is 13.2 Å². The molecule has 4 atom stereocenters. The summed E-state index contributed by atoms with van der Waals surface area (Å²) in [6.45, 7) is 11.0. The number of fused-ring (bicyclic) bond motifs is 1. The lowest BCUT2D eigenvalue weighted by atomic mass is 9.91. The molecule has 44 heavy (non-hydrogen) atoms. The molecule has 2 aliphatic rings. The maximum atomic E-state index is 13.3. The number of nitrogens with one attached hydrogen (secondary N) is 1. The second-order valence-electron chi connectivity index (χ2n) is 10.9. The SMILES string of the molecule is CC.CCCc1cc(Cl)ccc1C1COc2ccc3cc2N(CCC(CC)C/C=C/CCC(COC)C(=O)NS3=O)C1.CO. The van der Waals surface area contributed by atoms with E-state index in [9.17, 15) is 9.00 Å². The van der Waals surface area contributed by atoms with Gasteiger partial charge in [-0.25, -0.2) is 4.21 Å². The third kappa shape index (κ3) is 10.9. The average molecular weight is 649 g/mol. The molecular formula is C35H53ClN2O5S. The number of nitrogens with zero attached hydrogens (tertiary/aromatic N) is 1. The summed E-state index contributed by atoms with van der Waals surface area (Å²) in [6.07, 6.45) is 11.0. The van der Waals surface area contributed by atoms with E-state index in [4.69, 9.17) is 26.2 Å². The number of aryl methyl sites for hydroxylation is 1. The van der Waals surface area contributed by atoms with Crippen molar-refractivity contribution in [3.8, 4) is 5.75 Å². The molecule has 0 aromatic heterocycles. The van der Waals surface area contributed by atoms with Crippen molar-refractivity contribution in [2.75, 3.05) is 45.4 Å². The van der Waals surface area contributed by atoms with Crippen LogP contribution in [0.5, 0.6) is 5.75 Å². The summed E-state index contributed by atoms with van der Waals surface area (Å²) in [7, 11) is 0.906. The summed E-state index contributed by atoms with van der Waals surface area (Å²) < 4.78 is 27.8. The molecule has 0 aliphatic carbocycles. The number of carbonyl (C=O) groups is 1. The fourth-order valence-electron chi connectivity index (χ4n) is 5.70. The van der Waals surface area contributed by atoms with Crippen LogP contribution in [0.25, 0.3) is 0 Å². The Morgan fingerprint density at radius 2 is 1.89 bits per heavy atom. The van der Waals surface area contributed by atoms with Crippen molar-refractivity contribution in [2.24, 2.45) is 11.8 Å². The molecule has 2 N–H and O–H groups in total. The summed E-state index contributed by atoms with van der Waals surface area (Å²) in [6, 6.07) is 11.8. The summed E-state index contributed by atoms with van der Waals surface area (Å²) in [5.74, 6) is 0.900. The van der Waals surface area contributed by atoms with Crippen LogP contribution in [0.3, 0.4) is 0 Å².